The Bertz CT molecular complexity index is 946. The quantitative estimate of drug-likeness (QED) is 0.621. The van der Waals surface area contributed by atoms with Gasteiger partial charge in [-0.1, -0.05) is 6.07 Å². The molecule has 0 spiro atoms. The molecule has 1 amide bonds. The fourth-order valence-electron chi connectivity index (χ4n) is 4.72. The molecule has 1 aliphatic rings. The third-order valence-electron chi connectivity index (χ3n) is 6.98. The van der Waals surface area contributed by atoms with Crippen molar-refractivity contribution in [2.24, 2.45) is 0 Å². The van der Waals surface area contributed by atoms with Crippen LogP contribution >= 0.6 is 0 Å². The van der Waals surface area contributed by atoms with Crippen molar-refractivity contribution in [3.05, 3.63) is 51.6 Å². The summed E-state index contributed by atoms with van der Waals surface area (Å²) >= 11 is 0. The van der Waals surface area contributed by atoms with E-state index in [1.54, 1.807) is 7.11 Å². The third-order valence-corrected chi connectivity index (χ3v) is 6.98. The van der Waals surface area contributed by atoms with Gasteiger partial charge in [-0.15, -0.1) is 0 Å². The Balaban J connectivity index is 1.70. The molecule has 1 aromatic carbocycles. The van der Waals surface area contributed by atoms with E-state index in [1.165, 1.54) is 16.7 Å². The summed E-state index contributed by atoms with van der Waals surface area (Å²) in [6.07, 6.45) is 1.44. The maximum Gasteiger partial charge on any atom is 0.227 e. The lowest BCUT2D eigenvalue weighted by Gasteiger charge is -2.21. The van der Waals surface area contributed by atoms with Crippen LogP contribution in [0.1, 0.15) is 65.7 Å². The Labute approximate surface area is 193 Å². The highest BCUT2D eigenvalue weighted by Gasteiger charge is 2.28. The Morgan fingerprint density at radius 2 is 1.75 bits per heavy atom. The molecule has 0 radical (unpaired) electrons. The molecule has 1 aliphatic heterocycles. The van der Waals surface area contributed by atoms with Gasteiger partial charge in [-0.2, -0.15) is 0 Å². The first kappa shape index (κ1) is 24.2. The van der Waals surface area contributed by atoms with Crippen molar-refractivity contribution in [3.63, 3.8) is 0 Å². The number of benzene rings is 1. The average Bonchev–Trinajstić information content (AvgIpc) is 3.23. The van der Waals surface area contributed by atoms with E-state index in [-0.39, 0.29) is 5.91 Å². The summed E-state index contributed by atoms with van der Waals surface area (Å²) in [5, 5.41) is 0. The van der Waals surface area contributed by atoms with E-state index in [0.717, 1.165) is 67.7 Å². The summed E-state index contributed by atoms with van der Waals surface area (Å²) in [5.74, 6) is 2.35. The third kappa shape index (κ3) is 5.12. The van der Waals surface area contributed by atoms with Crippen LogP contribution in [0.15, 0.2) is 12.1 Å². The maximum atomic E-state index is 12.6. The Kier molecular flexibility index (Phi) is 7.88. The maximum absolute atomic E-state index is 12.6. The number of carbonyl (C=O) groups is 1. The van der Waals surface area contributed by atoms with Gasteiger partial charge < -0.3 is 9.64 Å². The van der Waals surface area contributed by atoms with Crippen molar-refractivity contribution in [2.45, 2.75) is 66.8 Å². The van der Waals surface area contributed by atoms with Crippen LogP contribution in [0.25, 0.3) is 0 Å². The standard InChI is InChI=1S/C26H38N4O2/c1-8-30(9-2)25(31)14-23-19(5)27-26(28-20(23)6)22-12-13-29(16-22)15-21-10-11-24(32-7)18(4)17(21)3/h10-11,22H,8-9,12-16H2,1-7H3/t22-/m0/s1. The summed E-state index contributed by atoms with van der Waals surface area (Å²) in [5.41, 5.74) is 6.72. The molecule has 3 rings (SSSR count). The first-order valence-corrected chi connectivity index (χ1v) is 11.8. The summed E-state index contributed by atoms with van der Waals surface area (Å²) in [7, 11) is 1.72. The van der Waals surface area contributed by atoms with E-state index in [0.29, 0.717) is 12.3 Å². The molecular weight excluding hydrogens is 400 g/mol. The second-order valence-corrected chi connectivity index (χ2v) is 8.87. The zero-order valence-corrected chi connectivity index (χ0v) is 20.8. The molecule has 174 valence electrons. The number of likely N-dealkylation sites (tertiary alicyclic amines) is 1. The van der Waals surface area contributed by atoms with Gasteiger partial charge in [0.15, 0.2) is 0 Å². The van der Waals surface area contributed by atoms with E-state index in [1.807, 2.05) is 32.6 Å². The first-order valence-electron chi connectivity index (χ1n) is 11.8. The number of amides is 1. The minimum atomic E-state index is 0.148. The largest absolute Gasteiger partial charge is 0.496 e. The van der Waals surface area contributed by atoms with Gasteiger partial charge in [0.2, 0.25) is 5.91 Å². The summed E-state index contributed by atoms with van der Waals surface area (Å²) < 4.78 is 5.45. The molecule has 0 N–H and O–H groups in total. The van der Waals surface area contributed by atoms with Gasteiger partial charge in [0.25, 0.3) is 0 Å². The van der Waals surface area contributed by atoms with Crippen LogP contribution in [0, 0.1) is 27.7 Å². The second kappa shape index (κ2) is 10.4. The monoisotopic (exact) mass is 438 g/mol. The lowest BCUT2D eigenvalue weighted by Crippen LogP contribution is -2.32. The SMILES string of the molecule is CCN(CC)C(=O)Cc1c(C)nc([C@H]2CCN(Cc3ccc(OC)c(C)c3C)C2)nc1C. The van der Waals surface area contributed by atoms with Crippen molar-refractivity contribution in [1.29, 1.82) is 0 Å². The number of nitrogens with zero attached hydrogens (tertiary/aromatic N) is 4. The Morgan fingerprint density at radius 3 is 2.34 bits per heavy atom. The van der Waals surface area contributed by atoms with E-state index in [9.17, 15) is 4.79 Å². The molecule has 0 unspecified atom stereocenters. The minimum absolute atomic E-state index is 0.148. The average molecular weight is 439 g/mol. The van der Waals surface area contributed by atoms with Crippen LogP contribution < -0.4 is 4.74 Å². The van der Waals surface area contributed by atoms with Crippen LogP contribution in [0.5, 0.6) is 5.75 Å². The van der Waals surface area contributed by atoms with E-state index >= 15 is 0 Å². The zero-order valence-electron chi connectivity index (χ0n) is 20.8. The van der Waals surface area contributed by atoms with Crippen molar-refractivity contribution < 1.29 is 9.53 Å². The van der Waals surface area contributed by atoms with Gasteiger partial charge >= 0.3 is 0 Å². The van der Waals surface area contributed by atoms with E-state index < -0.39 is 0 Å². The molecule has 1 atom stereocenters. The van der Waals surface area contributed by atoms with Gasteiger partial charge in [-0.3, -0.25) is 9.69 Å². The predicted molar refractivity (Wildman–Crippen MR) is 128 cm³/mol. The van der Waals surface area contributed by atoms with Crippen LogP contribution in [-0.4, -0.2) is 59.0 Å². The van der Waals surface area contributed by atoms with Crippen molar-refractivity contribution in [1.82, 2.24) is 19.8 Å². The fraction of sp³-hybridized carbons (Fsp3) is 0.577. The number of hydrogen-bond acceptors (Lipinski definition) is 5. The number of ether oxygens (including phenoxy) is 1. The summed E-state index contributed by atoms with van der Waals surface area (Å²) in [6.45, 7) is 16.8. The molecule has 1 fully saturated rings. The minimum Gasteiger partial charge on any atom is -0.496 e. The normalized spacial score (nSPS) is 16.4. The van der Waals surface area contributed by atoms with Crippen molar-refractivity contribution in [3.8, 4) is 5.75 Å². The fourth-order valence-corrected chi connectivity index (χ4v) is 4.72. The zero-order chi connectivity index (χ0) is 23.4. The number of rotatable bonds is 8. The lowest BCUT2D eigenvalue weighted by atomic mass is 10.0. The summed E-state index contributed by atoms with van der Waals surface area (Å²) in [6, 6.07) is 4.25. The predicted octanol–water partition coefficient (Wildman–Crippen LogP) is 4.12. The van der Waals surface area contributed by atoms with Crippen LogP contribution in [0.3, 0.4) is 0 Å². The van der Waals surface area contributed by atoms with Gasteiger partial charge in [0.1, 0.15) is 11.6 Å². The molecule has 6 heteroatoms. The first-order chi connectivity index (χ1) is 15.3. The van der Waals surface area contributed by atoms with Crippen molar-refractivity contribution in [2.75, 3.05) is 33.3 Å². The Hall–Kier alpha value is -2.47. The number of aromatic nitrogens is 2. The smallest absolute Gasteiger partial charge is 0.227 e. The van der Waals surface area contributed by atoms with Gasteiger partial charge in [-0.05, 0) is 77.3 Å². The second-order valence-electron chi connectivity index (χ2n) is 8.87. The van der Waals surface area contributed by atoms with Crippen LogP contribution in [0.2, 0.25) is 0 Å². The Morgan fingerprint density at radius 1 is 1.09 bits per heavy atom. The van der Waals surface area contributed by atoms with Gasteiger partial charge in [0, 0.05) is 49.0 Å². The number of methoxy groups -OCH3 is 1. The molecule has 1 aromatic heterocycles. The molecular formula is C26H38N4O2. The molecule has 2 aromatic rings. The molecule has 0 bridgehead atoms. The van der Waals surface area contributed by atoms with Gasteiger partial charge in [-0.25, -0.2) is 9.97 Å². The molecule has 0 aliphatic carbocycles. The van der Waals surface area contributed by atoms with Crippen LogP contribution in [0.4, 0.5) is 0 Å². The number of hydrogen-bond donors (Lipinski definition) is 0. The molecule has 0 saturated carbocycles. The number of likely N-dealkylation sites (N-methyl/N-ethyl adjacent to an activating group) is 1. The number of aryl methyl sites for hydroxylation is 2. The van der Waals surface area contributed by atoms with Gasteiger partial charge in [0.05, 0.1) is 13.5 Å². The topological polar surface area (TPSA) is 58.6 Å². The van der Waals surface area contributed by atoms with E-state index in [4.69, 9.17) is 14.7 Å². The highest BCUT2D eigenvalue weighted by Crippen LogP contribution is 2.30. The van der Waals surface area contributed by atoms with Crippen LogP contribution in [-0.2, 0) is 17.8 Å². The molecule has 6 nitrogen and oxygen atoms in total. The highest BCUT2D eigenvalue weighted by molar-refractivity contribution is 5.79. The molecule has 1 saturated heterocycles. The molecule has 2 heterocycles. The van der Waals surface area contributed by atoms with E-state index in [2.05, 4.69) is 30.9 Å². The highest BCUT2D eigenvalue weighted by atomic mass is 16.5. The molecule has 32 heavy (non-hydrogen) atoms. The summed E-state index contributed by atoms with van der Waals surface area (Å²) in [4.78, 5) is 26.6. The van der Waals surface area contributed by atoms with Crippen molar-refractivity contribution >= 4 is 5.91 Å². The lowest BCUT2D eigenvalue weighted by molar-refractivity contribution is -0.130. The number of carbonyl (C=O) groups excluding carboxylic acids is 1.